The van der Waals surface area contributed by atoms with Gasteiger partial charge in [-0.3, -0.25) is 4.18 Å². The highest BCUT2D eigenvalue weighted by molar-refractivity contribution is 7.86. The summed E-state index contributed by atoms with van der Waals surface area (Å²) in [5, 5.41) is 0. The Labute approximate surface area is 129 Å². The quantitative estimate of drug-likeness (QED) is 0.597. The highest BCUT2D eigenvalue weighted by atomic mass is 32.2. The van der Waals surface area contributed by atoms with E-state index in [0.717, 1.165) is 37.0 Å². The molecular weight excluding hydrogens is 360 g/mol. The molecule has 0 saturated heterocycles. The molecular formula is C10H14O9S3. The third-order valence-electron chi connectivity index (χ3n) is 1.95. The summed E-state index contributed by atoms with van der Waals surface area (Å²) in [5.74, 6) is -0.345. The van der Waals surface area contributed by atoms with Gasteiger partial charge in [0.25, 0.3) is 10.1 Å². The fourth-order valence-electron chi connectivity index (χ4n) is 1.31. The zero-order valence-electron chi connectivity index (χ0n) is 11.8. The zero-order valence-corrected chi connectivity index (χ0v) is 14.3. The van der Waals surface area contributed by atoms with Crippen LogP contribution < -0.4 is 8.37 Å². The second-order valence-electron chi connectivity index (χ2n) is 4.31. The summed E-state index contributed by atoms with van der Waals surface area (Å²) >= 11 is 0. The van der Waals surface area contributed by atoms with Crippen LogP contribution in [0, 0.1) is 0 Å². The first-order chi connectivity index (χ1) is 9.75. The van der Waals surface area contributed by atoms with Crippen molar-refractivity contribution in [2.75, 3.05) is 18.8 Å². The van der Waals surface area contributed by atoms with Gasteiger partial charge in [0.05, 0.1) is 25.4 Å². The highest BCUT2D eigenvalue weighted by Crippen LogP contribution is 2.27. The molecule has 0 fully saturated rings. The van der Waals surface area contributed by atoms with E-state index in [2.05, 4.69) is 12.5 Å². The Hall–Kier alpha value is -1.37. The van der Waals surface area contributed by atoms with Crippen LogP contribution in [0.3, 0.4) is 0 Å². The molecule has 0 aliphatic heterocycles. The predicted octanol–water partition coefficient (Wildman–Crippen LogP) is -0.160. The minimum Gasteiger partial charge on any atom is -0.383 e. The molecule has 0 saturated carbocycles. The van der Waals surface area contributed by atoms with Crippen molar-refractivity contribution in [3.8, 4) is 11.5 Å². The Morgan fingerprint density at radius 3 is 1.82 bits per heavy atom. The molecule has 0 spiro atoms. The Morgan fingerprint density at radius 1 is 0.818 bits per heavy atom. The van der Waals surface area contributed by atoms with Crippen LogP contribution in [0.5, 0.6) is 11.5 Å². The third kappa shape index (κ3) is 7.59. The van der Waals surface area contributed by atoms with Crippen LogP contribution in [0.4, 0.5) is 0 Å². The first kappa shape index (κ1) is 18.7. The van der Waals surface area contributed by atoms with E-state index in [4.69, 9.17) is 0 Å². The topological polar surface area (TPSA) is 130 Å². The highest BCUT2D eigenvalue weighted by Gasteiger charge is 2.15. The lowest BCUT2D eigenvalue weighted by atomic mass is 10.2. The first-order valence-corrected chi connectivity index (χ1v) is 11.0. The average Bonchev–Trinajstić information content (AvgIpc) is 2.24. The monoisotopic (exact) mass is 374 g/mol. The molecule has 9 nitrogen and oxygen atoms in total. The van der Waals surface area contributed by atoms with Crippen LogP contribution >= 0.6 is 0 Å². The lowest BCUT2D eigenvalue weighted by Crippen LogP contribution is -2.11. The average molecular weight is 374 g/mol. The van der Waals surface area contributed by atoms with Crippen LogP contribution in [0.15, 0.2) is 18.2 Å². The maximum absolute atomic E-state index is 11.2. The van der Waals surface area contributed by atoms with Crippen molar-refractivity contribution >= 4 is 30.4 Å². The summed E-state index contributed by atoms with van der Waals surface area (Å²) in [7, 11) is -11.5. The van der Waals surface area contributed by atoms with Gasteiger partial charge in [-0.25, -0.2) is 0 Å². The summed E-state index contributed by atoms with van der Waals surface area (Å²) in [6, 6.07) is 3.39. The zero-order chi connectivity index (χ0) is 17.2. The van der Waals surface area contributed by atoms with Gasteiger partial charge in [-0.1, -0.05) is 0 Å². The van der Waals surface area contributed by atoms with Crippen LogP contribution in [0.2, 0.25) is 0 Å². The van der Waals surface area contributed by atoms with E-state index in [1.54, 1.807) is 0 Å². The van der Waals surface area contributed by atoms with Crippen molar-refractivity contribution in [3.63, 3.8) is 0 Å². The molecule has 0 radical (unpaired) electrons. The summed E-state index contributed by atoms with van der Waals surface area (Å²) in [5.41, 5.74) is -0.0167. The van der Waals surface area contributed by atoms with Gasteiger partial charge in [-0.05, 0) is 18.2 Å². The second-order valence-corrected chi connectivity index (χ2v) is 9.10. The number of benzene rings is 1. The van der Waals surface area contributed by atoms with Crippen molar-refractivity contribution in [1.29, 1.82) is 0 Å². The fraction of sp³-hybridized carbons (Fsp3) is 0.400. The van der Waals surface area contributed by atoms with E-state index >= 15 is 0 Å². The first-order valence-electron chi connectivity index (χ1n) is 5.51. The van der Waals surface area contributed by atoms with Gasteiger partial charge < -0.3 is 8.37 Å². The standard InChI is InChI=1S/C10H14O9S3/c1-20(11,12)17-7-8-6-9(18-21(2,13)14)4-5-10(8)19-22(3,15)16/h4-6H,7H2,1-3H3. The maximum atomic E-state index is 11.2. The van der Waals surface area contributed by atoms with Crippen LogP contribution in [0.25, 0.3) is 0 Å². The van der Waals surface area contributed by atoms with Crippen LogP contribution in [-0.4, -0.2) is 44.0 Å². The van der Waals surface area contributed by atoms with E-state index in [1.807, 2.05) is 0 Å². The largest absolute Gasteiger partial charge is 0.383 e. The van der Waals surface area contributed by atoms with Crippen molar-refractivity contribution < 1.29 is 37.8 Å². The molecule has 0 heterocycles. The van der Waals surface area contributed by atoms with Gasteiger partial charge in [0, 0.05) is 5.56 Å². The van der Waals surface area contributed by atoms with E-state index in [0.29, 0.717) is 0 Å². The van der Waals surface area contributed by atoms with Gasteiger partial charge in [0.2, 0.25) is 0 Å². The van der Waals surface area contributed by atoms with E-state index in [1.165, 1.54) is 0 Å². The summed E-state index contributed by atoms with van der Waals surface area (Å²) < 4.78 is 80.3. The smallest absolute Gasteiger partial charge is 0.306 e. The van der Waals surface area contributed by atoms with Crippen molar-refractivity contribution in [2.45, 2.75) is 6.61 Å². The molecule has 0 unspecified atom stereocenters. The lowest BCUT2D eigenvalue weighted by molar-refractivity contribution is 0.308. The molecule has 0 aliphatic carbocycles. The predicted molar refractivity (Wildman–Crippen MR) is 77.0 cm³/mol. The summed E-state index contributed by atoms with van der Waals surface area (Å²) in [6.45, 7) is -0.551. The fourth-order valence-corrected chi connectivity index (χ4v) is 2.59. The molecule has 0 atom stereocenters. The third-order valence-corrected chi connectivity index (χ3v) is 3.47. The molecule has 0 aliphatic rings. The lowest BCUT2D eigenvalue weighted by Gasteiger charge is -2.11. The van der Waals surface area contributed by atoms with E-state index in [-0.39, 0.29) is 17.1 Å². The molecule has 0 amide bonds. The minimum atomic E-state index is -3.87. The van der Waals surface area contributed by atoms with Crippen molar-refractivity contribution in [3.05, 3.63) is 23.8 Å². The van der Waals surface area contributed by atoms with Gasteiger partial charge in [0.1, 0.15) is 11.5 Å². The Morgan fingerprint density at radius 2 is 1.36 bits per heavy atom. The maximum Gasteiger partial charge on any atom is 0.306 e. The van der Waals surface area contributed by atoms with E-state index in [9.17, 15) is 25.3 Å². The van der Waals surface area contributed by atoms with Crippen LogP contribution in [0.1, 0.15) is 5.56 Å². The second kappa shape index (κ2) is 6.40. The number of hydrogen-bond donors (Lipinski definition) is 0. The molecule has 0 bridgehead atoms. The molecule has 1 rings (SSSR count). The van der Waals surface area contributed by atoms with Crippen LogP contribution in [-0.2, 0) is 41.1 Å². The molecule has 1 aromatic carbocycles. The molecule has 1 aromatic rings. The molecule has 22 heavy (non-hydrogen) atoms. The van der Waals surface area contributed by atoms with E-state index < -0.39 is 37.0 Å². The number of hydrogen-bond acceptors (Lipinski definition) is 9. The molecule has 0 aromatic heterocycles. The normalized spacial score (nSPS) is 12.9. The summed E-state index contributed by atoms with van der Waals surface area (Å²) in [6.07, 6.45) is 2.43. The Kier molecular flexibility index (Phi) is 5.43. The SMILES string of the molecule is CS(=O)(=O)OCc1cc(OS(C)(=O)=O)ccc1OS(C)(=O)=O. The van der Waals surface area contributed by atoms with Crippen molar-refractivity contribution in [2.24, 2.45) is 0 Å². The Bertz CT molecular complexity index is 851. The van der Waals surface area contributed by atoms with Gasteiger partial charge in [0.15, 0.2) is 0 Å². The molecule has 0 N–H and O–H groups in total. The molecule has 12 heteroatoms. The van der Waals surface area contributed by atoms with Gasteiger partial charge >= 0.3 is 20.2 Å². The van der Waals surface area contributed by atoms with Gasteiger partial charge in [-0.2, -0.15) is 25.3 Å². The molecule has 126 valence electrons. The Balaban J connectivity index is 3.21. The van der Waals surface area contributed by atoms with Gasteiger partial charge in [-0.15, -0.1) is 0 Å². The minimum absolute atomic E-state index is 0.0167. The van der Waals surface area contributed by atoms with Crippen molar-refractivity contribution in [1.82, 2.24) is 0 Å². The summed E-state index contributed by atoms with van der Waals surface area (Å²) in [4.78, 5) is 0. The number of rotatable bonds is 7.